The lowest BCUT2D eigenvalue weighted by molar-refractivity contribution is 0.247. The van der Waals surface area contributed by atoms with E-state index in [1.54, 1.807) is 0 Å². The van der Waals surface area contributed by atoms with Crippen molar-refractivity contribution in [3.63, 3.8) is 0 Å². The lowest BCUT2D eigenvalue weighted by Crippen LogP contribution is -2.23. The SMILES string of the molecule is CCC(C#N)Oc1c(Br)cccc1CNC(C)C. The van der Waals surface area contributed by atoms with E-state index in [9.17, 15) is 0 Å². The van der Waals surface area contributed by atoms with E-state index in [4.69, 9.17) is 10.00 Å². The second kappa shape index (κ2) is 7.40. The molecule has 4 heteroatoms. The smallest absolute Gasteiger partial charge is 0.184 e. The van der Waals surface area contributed by atoms with Gasteiger partial charge in [0.1, 0.15) is 11.8 Å². The summed E-state index contributed by atoms with van der Waals surface area (Å²) < 4.78 is 6.65. The van der Waals surface area contributed by atoms with E-state index in [1.807, 2.05) is 25.1 Å². The molecule has 1 atom stereocenters. The van der Waals surface area contributed by atoms with Crippen LogP contribution in [0, 0.1) is 11.3 Å². The van der Waals surface area contributed by atoms with Crippen LogP contribution in [0.15, 0.2) is 22.7 Å². The number of nitrogens with one attached hydrogen (secondary N) is 1. The molecule has 1 unspecified atom stereocenters. The molecule has 1 N–H and O–H groups in total. The van der Waals surface area contributed by atoms with Gasteiger partial charge in [0, 0.05) is 18.2 Å². The number of nitriles is 1. The Morgan fingerprint density at radius 3 is 2.72 bits per heavy atom. The van der Waals surface area contributed by atoms with E-state index < -0.39 is 6.10 Å². The fourth-order valence-corrected chi connectivity index (χ4v) is 1.98. The van der Waals surface area contributed by atoms with Crippen LogP contribution >= 0.6 is 15.9 Å². The zero-order valence-electron chi connectivity index (χ0n) is 11.0. The van der Waals surface area contributed by atoms with Gasteiger partial charge in [0.2, 0.25) is 0 Å². The maximum Gasteiger partial charge on any atom is 0.184 e. The number of rotatable bonds is 6. The second-order valence-electron chi connectivity index (χ2n) is 4.41. The van der Waals surface area contributed by atoms with Crippen LogP contribution in [0.3, 0.4) is 0 Å². The van der Waals surface area contributed by atoms with Gasteiger partial charge >= 0.3 is 0 Å². The molecule has 0 amide bonds. The molecule has 0 saturated heterocycles. The van der Waals surface area contributed by atoms with Crippen LogP contribution in [-0.4, -0.2) is 12.1 Å². The van der Waals surface area contributed by atoms with Gasteiger partial charge in [0.25, 0.3) is 0 Å². The number of nitrogens with zero attached hydrogens (tertiary/aromatic N) is 1. The van der Waals surface area contributed by atoms with E-state index >= 15 is 0 Å². The molecule has 18 heavy (non-hydrogen) atoms. The molecule has 0 fully saturated rings. The number of ether oxygens (including phenoxy) is 1. The highest BCUT2D eigenvalue weighted by Crippen LogP contribution is 2.30. The Morgan fingerprint density at radius 1 is 1.44 bits per heavy atom. The van der Waals surface area contributed by atoms with Gasteiger partial charge in [-0.05, 0) is 28.4 Å². The third-order valence-corrected chi connectivity index (χ3v) is 3.15. The molecular weight excluding hydrogens is 292 g/mol. The lowest BCUT2D eigenvalue weighted by atomic mass is 10.2. The Bertz CT molecular complexity index is 426. The van der Waals surface area contributed by atoms with Crippen LogP contribution < -0.4 is 10.1 Å². The summed E-state index contributed by atoms with van der Waals surface area (Å²) in [4.78, 5) is 0. The standard InChI is InChI=1S/C14H19BrN2O/c1-4-12(8-16)18-14-11(9-17-10(2)3)6-5-7-13(14)15/h5-7,10,12,17H,4,9H2,1-3H3. The first kappa shape index (κ1) is 15.0. The van der Waals surface area contributed by atoms with E-state index in [0.717, 1.165) is 22.3 Å². The molecule has 0 bridgehead atoms. The third-order valence-electron chi connectivity index (χ3n) is 2.52. The van der Waals surface area contributed by atoms with Gasteiger partial charge in [0.05, 0.1) is 4.47 Å². The van der Waals surface area contributed by atoms with Crippen molar-refractivity contribution >= 4 is 15.9 Å². The average Bonchev–Trinajstić information content (AvgIpc) is 2.35. The molecule has 1 aromatic carbocycles. The first-order valence-corrected chi connectivity index (χ1v) is 6.94. The predicted molar refractivity (Wildman–Crippen MR) is 76.4 cm³/mol. The van der Waals surface area contributed by atoms with Gasteiger partial charge in [0.15, 0.2) is 6.10 Å². The molecule has 0 aliphatic carbocycles. The molecule has 0 aromatic heterocycles. The van der Waals surface area contributed by atoms with Crippen molar-refractivity contribution in [2.45, 2.75) is 45.9 Å². The van der Waals surface area contributed by atoms with E-state index in [-0.39, 0.29) is 0 Å². The highest BCUT2D eigenvalue weighted by atomic mass is 79.9. The summed E-state index contributed by atoms with van der Waals surface area (Å²) >= 11 is 3.48. The van der Waals surface area contributed by atoms with Gasteiger partial charge in [-0.15, -0.1) is 0 Å². The molecule has 0 heterocycles. The Labute approximate surface area is 117 Å². The fourth-order valence-electron chi connectivity index (χ4n) is 1.48. The zero-order valence-corrected chi connectivity index (χ0v) is 12.6. The van der Waals surface area contributed by atoms with Crippen molar-refractivity contribution in [2.75, 3.05) is 0 Å². The highest BCUT2D eigenvalue weighted by Gasteiger charge is 2.13. The van der Waals surface area contributed by atoms with Crippen LogP contribution in [0.4, 0.5) is 0 Å². The lowest BCUT2D eigenvalue weighted by Gasteiger charge is -2.17. The first-order valence-electron chi connectivity index (χ1n) is 6.15. The summed E-state index contributed by atoms with van der Waals surface area (Å²) in [6, 6.07) is 8.48. The monoisotopic (exact) mass is 310 g/mol. The van der Waals surface area contributed by atoms with Crippen molar-refractivity contribution in [2.24, 2.45) is 0 Å². The van der Waals surface area contributed by atoms with Gasteiger partial charge in [-0.1, -0.05) is 32.9 Å². The minimum Gasteiger partial charge on any atom is -0.474 e. The number of hydrogen-bond donors (Lipinski definition) is 1. The highest BCUT2D eigenvalue weighted by molar-refractivity contribution is 9.10. The first-order chi connectivity index (χ1) is 8.58. The van der Waals surface area contributed by atoms with Crippen molar-refractivity contribution in [1.82, 2.24) is 5.32 Å². The summed E-state index contributed by atoms with van der Waals surface area (Å²) in [5.74, 6) is 0.763. The van der Waals surface area contributed by atoms with Crippen LogP contribution in [0.2, 0.25) is 0 Å². The Balaban J connectivity index is 2.90. The van der Waals surface area contributed by atoms with Gasteiger partial charge in [-0.3, -0.25) is 0 Å². The van der Waals surface area contributed by atoms with E-state index in [2.05, 4.69) is 41.2 Å². The quantitative estimate of drug-likeness (QED) is 0.872. The molecule has 0 spiro atoms. The topological polar surface area (TPSA) is 45.0 Å². The minimum atomic E-state index is -0.401. The van der Waals surface area contributed by atoms with Crippen molar-refractivity contribution in [3.8, 4) is 11.8 Å². The minimum absolute atomic E-state index is 0.401. The molecular formula is C14H19BrN2O. The molecule has 3 nitrogen and oxygen atoms in total. The zero-order chi connectivity index (χ0) is 13.5. The molecule has 98 valence electrons. The normalized spacial score (nSPS) is 12.2. The van der Waals surface area contributed by atoms with E-state index in [1.165, 1.54) is 0 Å². The molecule has 0 saturated carbocycles. The summed E-state index contributed by atoms with van der Waals surface area (Å²) in [5.41, 5.74) is 1.06. The molecule has 1 rings (SSSR count). The van der Waals surface area contributed by atoms with Gasteiger partial charge < -0.3 is 10.1 Å². The second-order valence-corrected chi connectivity index (χ2v) is 5.26. The van der Waals surface area contributed by atoms with Crippen molar-refractivity contribution < 1.29 is 4.74 Å². The third kappa shape index (κ3) is 4.32. The molecule has 1 aromatic rings. The number of hydrogen-bond acceptors (Lipinski definition) is 3. The van der Waals surface area contributed by atoms with Crippen molar-refractivity contribution in [1.29, 1.82) is 5.26 Å². The van der Waals surface area contributed by atoms with Crippen LogP contribution in [0.5, 0.6) is 5.75 Å². The summed E-state index contributed by atoms with van der Waals surface area (Å²) in [5, 5.41) is 12.3. The number of benzene rings is 1. The van der Waals surface area contributed by atoms with Crippen LogP contribution in [0.1, 0.15) is 32.8 Å². The maximum atomic E-state index is 8.98. The largest absolute Gasteiger partial charge is 0.474 e. The molecule has 0 aliphatic heterocycles. The maximum absolute atomic E-state index is 8.98. The summed E-state index contributed by atoms with van der Waals surface area (Å²) in [6.45, 7) is 6.87. The Kier molecular flexibility index (Phi) is 6.17. The van der Waals surface area contributed by atoms with Crippen LogP contribution in [-0.2, 0) is 6.54 Å². The fraction of sp³-hybridized carbons (Fsp3) is 0.500. The van der Waals surface area contributed by atoms with Gasteiger partial charge in [-0.2, -0.15) is 5.26 Å². The number of halogens is 1. The Morgan fingerprint density at radius 2 is 2.17 bits per heavy atom. The summed E-state index contributed by atoms with van der Waals surface area (Å²) in [6.07, 6.45) is 0.274. The van der Waals surface area contributed by atoms with Crippen molar-refractivity contribution in [3.05, 3.63) is 28.2 Å². The Hall–Kier alpha value is -1.05. The summed E-state index contributed by atoms with van der Waals surface area (Å²) in [7, 11) is 0. The van der Waals surface area contributed by atoms with Crippen LogP contribution in [0.25, 0.3) is 0 Å². The van der Waals surface area contributed by atoms with Gasteiger partial charge in [-0.25, -0.2) is 0 Å². The molecule has 0 aliphatic rings. The molecule has 0 radical (unpaired) electrons. The predicted octanol–water partition coefficient (Wildman–Crippen LogP) is 3.63. The van der Waals surface area contributed by atoms with E-state index in [0.29, 0.717) is 12.5 Å². The average molecular weight is 311 g/mol. The number of para-hydroxylation sites is 1.